The van der Waals surface area contributed by atoms with E-state index in [2.05, 4.69) is 4.98 Å². The standard InChI is InChI=1S/C11H13ClN2O2/c1-6-2-3-8(9(12)14-6)11(10(15)16)4-7(13)5-11/h2-3,7H,4-5,13H2,1H3,(H,15,16). The molecule has 0 saturated heterocycles. The lowest BCUT2D eigenvalue weighted by Gasteiger charge is -2.43. The van der Waals surface area contributed by atoms with Gasteiger partial charge < -0.3 is 10.8 Å². The van der Waals surface area contributed by atoms with Crippen LogP contribution in [0.15, 0.2) is 12.1 Å². The zero-order chi connectivity index (χ0) is 11.9. The molecule has 1 aromatic rings. The van der Waals surface area contributed by atoms with Crippen molar-refractivity contribution in [2.45, 2.75) is 31.2 Å². The van der Waals surface area contributed by atoms with Crippen LogP contribution in [0.5, 0.6) is 0 Å². The van der Waals surface area contributed by atoms with E-state index in [4.69, 9.17) is 17.3 Å². The zero-order valence-corrected chi connectivity index (χ0v) is 9.66. The highest BCUT2D eigenvalue weighted by atomic mass is 35.5. The van der Waals surface area contributed by atoms with E-state index in [1.54, 1.807) is 12.1 Å². The van der Waals surface area contributed by atoms with Crippen molar-refractivity contribution >= 4 is 17.6 Å². The van der Waals surface area contributed by atoms with E-state index in [9.17, 15) is 9.90 Å². The highest BCUT2D eigenvalue weighted by molar-refractivity contribution is 6.30. The van der Waals surface area contributed by atoms with Gasteiger partial charge in [-0.2, -0.15) is 0 Å². The number of hydrogen-bond donors (Lipinski definition) is 2. The second-order valence-corrected chi connectivity index (χ2v) is 4.70. The Morgan fingerprint density at radius 3 is 2.69 bits per heavy atom. The minimum absolute atomic E-state index is 0.0616. The van der Waals surface area contributed by atoms with Crippen molar-refractivity contribution in [1.82, 2.24) is 4.98 Å². The summed E-state index contributed by atoms with van der Waals surface area (Å²) in [5, 5.41) is 9.58. The Labute approximate surface area is 98.4 Å². The maximum Gasteiger partial charge on any atom is 0.314 e. The lowest BCUT2D eigenvalue weighted by molar-refractivity contribution is -0.148. The van der Waals surface area contributed by atoms with Crippen LogP contribution in [0, 0.1) is 6.92 Å². The Kier molecular flexibility index (Phi) is 2.64. The van der Waals surface area contributed by atoms with Gasteiger partial charge in [0, 0.05) is 17.3 Å². The lowest BCUT2D eigenvalue weighted by Crippen LogP contribution is -2.54. The number of aliphatic carboxylic acids is 1. The number of carboxylic acids is 1. The number of halogens is 1. The van der Waals surface area contributed by atoms with Crippen molar-refractivity contribution in [3.8, 4) is 0 Å². The number of hydrogen-bond acceptors (Lipinski definition) is 3. The number of carbonyl (C=O) groups is 1. The van der Waals surface area contributed by atoms with E-state index in [1.807, 2.05) is 6.92 Å². The van der Waals surface area contributed by atoms with E-state index in [0.29, 0.717) is 18.4 Å². The fraction of sp³-hybridized carbons (Fsp3) is 0.455. The van der Waals surface area contributed by atoms with Crippen LogP contribution in [0.1, 0.15) is 24.1 Å². The molecule has 3 N–H and O–H groups in total. The Bertz CT molecular complexity index is 442. The molecular formula is C11H13ClN2O2. The molecule has 1 aliphatic carbocycles. The highest BCUT2D eigenvalue weighted by Gasteiger charge is 2.51. The molecule has 86 valence electrons. The summed E-state index contributed by atoms with van der Waals surface area (Å²) in [4.78, 5) is 15.4. The summed E-state index contributed by atoms with van der Waals surface area (Å²) < 4.78 is 0. The van der Waals surface area contributed by atoms with Crippen molar-refractivity contribution in [3.05, 3.63) is 28.5 Å². The summed E-state index contributed by atoms with van der Waals surface area (Å²) in [7, 11) is 0. The van der Waals surface area contributed by atoms with Crippen LogP contribution in [0.25, 0.3) is 0 Å². The summed E-state index contributed by atoms with van der Waals surface area (Å²) in [5.41, 5.74) is 6.10. The monoisotopic (exact) mass is 240 g/mol. The minimum atomic E-state index is -0.933. The van der Waals surface area contributed by atoms with Gasteiger partial charge in [-0.05, 0) is 25.8 Å². The quantitative estimate of drug-likeness (QED) is 0.768. The predicted octanol–water partition coefficient (Wildman–Crippen LogP) is 1.49. The van der Waals surface area contributed by atoms with Gasteiger partial charge in [0.05, 0.1) is 5.41 Å². The van der Waals surface area contributed by atoms with Gasteiger partial charge in [-0.25, -0.2) is 4.98 Å². The van der Waals surface area contributed by atoms with Gasteiger partial charge >= 0.3 is 5.97 Å². The van der Waals surface area contributed by atoms with Crippen LogP contribution in [0.3, 0.4) is 0 Å². The molecule has 2 rings (SSSR count). The van der Waals surface area contributed by atoms with E-state index in [1.165, 1.54) is 0 Å². The maximum absolute atomic E-state index is 11.3. The molecule has 1 aliphatic rings. The Hall–Kier alpha value is -1.13. The molecule has 1 fully saturated rings. The summed E-state index contributed by atoms with van der Waals surface area (Å²) >= 11 is 6.00. The molecule has 0 bridgehead atoms. The Morgan fingerprint density at radius 2 is 2.25 bits per heavy atom. The average Bonchev–Trinajstić information content (AvgIpc) is 2.12. The van der Waals surface area contributed by atoms with Crippen LogP contribution >= 0.6 is 11.6 Å². The van der Waals surface area contributed by atoms with E-state index in [-0.39, 0.29) is 11.2 Å². The Morgan fingerprint density at radius 1 is 1.62 bits per heavy atom. The molecule has 1 saturated carbocycles. The third kappa shape index (κ3) is 1.58. The summed E-state index contributed by atoms with van der Waals surface area (Å²) in [6, 6.07) is 3.45. The van der Waals surface area contributed by atoms with E-state index < -0.39 is 11.4 Å². The molecule has 1 heterocycles. The zero-order valence-electron chi connectivity index (χ0n) is 8.90. The summed E-state index contributed by atoms with van der Waals surface area (Å²) in [6.07, 6.45) is 0.847. The third-order valence-corrected chi connectivity index (χ3v) is 3.42. The van der Waals surface area contributed by atoms with Crippen LogP contribution in [0.2, 0.25) is 5.15 Å². The van der Waals surface area contributed by atoms with Gasteiger partial charge in [0.25, 0.3) is 0 Å². The van der Waals surface area contributed by atoms with Crippen LogP contribution < -0.4 is 5.73 Å². The number of pyridine rings is 1. The number of aromatic nitrogens is 1. The van der Waals surface area contributed by atoms with Gasteiger partial charge in [-0.3, -0.25) is 4.79 Å². The number of nitrogens with two attached hydrogens (primary N) is 1. The third-order valence-electron chi connectivity index (χ3n) is 3.13. The average molecular weight is 241 g/mol. The fourth-order valence-electron chi connectivity index (χ4n) is 2.23. The smallest absolute Gasteiger partial charge is 0.314 e. The van der Waals surface area contributed by atoms with Crippen LogP contribution in [-0.2, 0) is 10.2 Å². The van der Waals surface area contributed by atoms with E-state index in [0.717, 1.165) is 5.69 Å². The fourth-order valence-corrected chi connectivity index (χ4v) is 2.60. The van der Waals surface area contributed by atoms with Gasteiger partial charge in [0.15, 0.2) is 0 Å². The summed E-state index contributed by atoms with van der Waals surface area (Å²) in [5.74, 6) is -0.873. The van der Waals surface area contributed by atoms with Gasteiger partial charge in [0.2, 0.25) is 0 Å². The van der Waals surface area contributed by atoms with Gasteiger partial charge in [-0.1, -0.05) is 17.7 Å². The first-order valence-corrected chi connectivity index (χ1v) is 5.46. The van der Waals surface area contributed by atoms with Crippen molar-refractivity contribution < 1.29 is 9.90 Å². The van der Waals surface area contributed by atoms with Crippen molar-refractivity contribution in [3.63, 3.8) is 0 Å². The molecule has 16 heavy (non-hydrogen) atoms. The first kappa shape index (κ1) is 11.4. The molecule has 5 heteroatoms. The summed E-state index contributed by atoms with van der Waals surface area (Å²) in [6.45, 7) is 1.82. The maximum atomic E-state index is 11.3. The number of aryl methyl sites for hydroxylation is 1. The predicted molar refractivity (Wildman–Crippen MR) is 60.5 cm³/mol. The second kappa shape index (κ2) is 3.71. The largest absolute Gasteiger partial charge is 0.481 e. The molecule has 0 amide bonds. The molecule has 0 atom stereocenters. The second-order valence-electron chi connectivity index (χ2n) is 4.35. The van der Waals surface area contributed by atoms with Crippen molar-refractivity contribution in [2.75, 3.05) is 0 Å². The molecule has 0 aromatic carbocycles. The first-order chi connectivity index (χ1) is 7.45. The molecular weight excluding hydrogens is 228 g/mol. The number of rotatable bonds is 2. The molecule has 0 aliphatic heterocycles. The normalized spacial score (nSPS) is 28.6. The minimum Gasteiger partial charge on any atom is -0.481 e. The van der Waals surface area contributed by atoms with Gasteiger partial charge in [-0.15, -0.1) is 0 Å². The molecule has 0 radical (unpaired) electrons. The SMILES string of the molecule is Cc1ccc(C2(C(=O)O)CC(N)C2)c(Cl)n1. The number of nitrogens with zero attached hydrogens (tertiary/aromatic N) is 1. The topological polar surface area (TPSA) is 76.2 Å². The van der Waals surface area contributed by atoms with E-state index >= 15 is 0 Å². The van der Waals surface area contributed by atoms with Crippen molar-refractivity contribution in [2.24, 2.45) is 5.73 Å². The molecule has 1 aromatic heterocycles. The van der Waals surface area contributed by atoms with Gasteiger partial charge in [0.1, 0.15) is 5.15 Å². The molecule has 0 unspecified atom stereocenters. The van der Waals surface area contributed by atoms with Crippen LogP contribution in [-0.4, -0.2) is 22.1 Å². The molecule has 4 nitrogen and oxygen atoms in total. The molecule has 0 spiro atoms. The highest BCUT2D eigenvalue weighted by Crippen LogP contribution is 2.45. The number of carboxylic acid groups (broad SMARTS) is 1. The van der Waals surface area contributed by atoms with Crippen molar-refractivity contribution in [1.29, 1.82) is 0 Å². The Balaban J connectivity index is 2.45. The lowest BCUT2D eigenvalue weighted by atomic mass is 9.62. The first-order valence-electron chi connectivity index (χ1n) is 5.08. The van der Waals surface area contributed by atoms with Crippen LogP contribution in [0.4, 0.5) is 0 Å².